The van der Waals surface area contributed by atoms with Crippen molar-refractivity contribution in [3.05, 3.63) is 160 Å². The summed E-state index contributed by atoms with van der Waals surface area (Å²) in [5.41, 5.74) is 6.90. The zero-order chi connectivity index (χ0) is 31.2. The number of hydrogen-bond acceptors (Lipinski definition) is 2. The molecular weight excluding hydrogens is 636 g/mol. The van der Waals surface area contributed by atoms with Gasteiger partial charge in [-0.05, 0) is 51.8 Å². The lowest BCUT2D eigenvalue weighted by Crippen LogP contribution is -2.19. The quantitative estimate of drug-likeness (QED) is 0.164. The van der Waals surface area contributed by atoms with E-state index in [2.05, 4.69) is 49.1 Å². The summed E-state index contributed by atoms with van der Waals surface area (Å²) < 4.78 is 2.62. The van der Waals surface area contributed by atoms with E-state index in [9.17, 15) is 9.59 Å². The summed E-state index contributed by atoms with van der Waals surface area (Å²) >= 11 is 3.51. The molecule has 4 aromatic heterocycles. The summed E-state index contributed by atoms with van der Waals surface area (Å²) in [5.74, 6) is 0.0919. The van der Waals surface area contributed by atoms with Crippen LogP contribution in [-0.2, 0) is 6.42 Å². The Balaban J connectivity index is 0.000000145. The van der Waals surface area contributed by atoms with E-state index in [1.807, 2.05) is 115 Å². The Hall–Kier alpha value is -5.66. The van der Waals surface area contributed by atoms with E-state index in [-0.39, 0.29) is 11.3 Å². The highest BCUT2D eigenvalue weighted by atomic mass is 79.9. The monoisotopic (exact) mass is 662 g/mol. The van der Waals surface area contributed by atoms with E-state index in [0.29, 0.717) is 17.6 Å². The first-order valence-corrected chi connectivity index (χ1v) is 15.8. The Labute approximate surface area is 271 Å². The van der Waals surface area contributed by atoms with Gasteiger partial charge < -0.3 is 15.0 Å². The van der Waals surface area contributed by atoms with Gasteiger partial charge in [-0.25, -0.2) is 0 Å². The molecule has 9 rings (SSSR count). The summed E-state index contributed by atoms with van der Waals surface area (Å²) in [5, 5.41) is 5.28. The number of benzene rings is 5. The number of rotatable bonds is 4. The zero-order valence-corrected chi connectivity index (χ0v) is 26.1. The Bertz CT molecular complexity index is 2610. The fourth-order valence-electron chi connectivity index (χ4n) is 6.32. The standard InChI is InChI=1S/C23H15N3O.C16H12BrNO/c27-23-21-19(15-10-4-6-12-17(15)24-21)20-16-11-5-7-13-18(16)25-22(20)26(23)14-8-2-1-3-9-14;17-15-12-8-4-5-9-13(12)18-16(15)14(19)10-11-6-2-1-3-7-11/h1-13,24-25H;1-9,18H,10H2. The highest BCUT2D eigenvalue weighted by Crippen LogP contribution is 2.36. The fourth-order valence-corrected chi connectivity index (χ4v) is 6.98. The van der Waals surface area contributed by atoms with Crippen LogP contribution >= 0.6 is 15.9 Å². The highest BCUT2D eigenvalue weighted by Gasteiger charge is 2.20. The molecule has 0 fully saturated rings. The number of carbonyl (C=O) groups is 1. The molecule has 6 nitrogen and oxygen atoms in total. The Morgan fingerprint density at radius 1 is 0.587 bits per heavy atom. The van der Waals surface area contributed by atoms with Crippen molar-refractivity contribution < 1.29 is 4.79 Å². The van der Waals surface area contributed by atoms with Crippen LogP contribution in [0.2, 0.25) is 0 Å². The van der Waals surface area contributed by atoms with Gasteiger partial charge in [-0.15, -0.1) is 0 Å². The Kier molecular flexibility index (Phi) is 6.88. The van der Waals surface area contributed by atoms with E-state index in [0.717, 1.165) is 64.9 Å². The number of aromatic nitrogens is 4. The normalized spacial score (nSPS) is 11.4. The summed E-state index contributed by atoms with van der Waals surface area (Å²) in [6.45, 7) is 0. The highest BCUT2D eigenvalue weighted by molar-refractivity contribution is 9.10. The molecule has 222 valence electrons. The first kappa shape index (κ1) is 27.9. The Morgan fingerprint density at radius 2 is 1.11 bits per heavy atom. The second kappa shape index (κ2) is 11.4. The number of fused-ring (bicyclic) bond motifs is 8. The predicted molar refractivity (Wildman–Crippen MR) is 191 cm³/mol. The molecule has 9 aromatic rings. The third-order valence-electron chi connectivity index (χ3n) is 8.43. The maximum absolute atomic E-state index is 13.5. The molecule has 0 unspecified atom stereocenters. The second-order valence-corrected chi connectivity index (χ2v) is 12.0. The molecule has 0 aliphatic rings. The number of carbonyl (C=O) groups excluding carboxylic acids is 1. The average Bonchev–Trinajstić information content (AvgIpc) is 3.78. The van der Waals surface area contributed by atoms with Crippen LogP contribution in [0.4, 0.5) is 0 Å². The lowest BCUT2D eigenvalue weighted by Gasteiger charge is -2.08. The minimum atomic E-state index is -0.0496. The topological polar surface area (TPSA) is 86.4 Å². The van der Waals surface area contributed by atoms with E-state index in [1.54, 1.807) is 4.57 Å². The van der Waals surface area contributed by atoms with E-state index < -0.39 is 0 Å². The SMILES string of the molecule is O=C(Cc1ccccc1)c1[nH]c2ccccc2c1Br.O=c1c2[nH]c3ccccc3c2c2c3ccccc3[nH]c2n1-c1ccccc1. The number of Topliss-reactive ketones (excluding diaryl/α,β-unsaturated/α-hetero) is 1. The fraction of sp³-hybridized carbons (Fsp3) is 0.0256. The van der Waals surface area contributed by atoms with Gasteiger partial charge in [-0.2, -0.15) is 0 Å². The zero-order valence-electron chi connectivity index (χ0n) is 24.6. The molecule has 0 radical (unpaired) electrons. The van der Waals surface area contributed by atoms with Crippen LogP contribution in [0.25, 0.3) is 60.3 Å². The third-order valence-corrected chi connectivity index (χ3v) is 9.25. The van der Waals surface area contributed by atoms with Gasteiger partial charge in [0.25, 0.3) is 5.56 Å². The van der Waals surface area contributed by atoms with Gasteiger partial charge in [-0.1, -0.05) is 103 Å². The van der Waals surface area contributed by atoms with Crippen molar-refractivity contribution in [3.8, 4) is 5.69 Å². The lowest BCUT2D eigenvalue weighted by atomic mass is 10.1. The number of aromatic amines is 3. The summed E-state index contributed by atoms with van der Waals surface area (Å²) in [6.07, 6.45) is 0.409. The number of H-pyrrole nitrogens is 3. The number of para-hydroxylation sites is 4. The summed E-state index contributed by atoms with van der Waals surface area (Å²) in [7, 11) is 0. The summed E-state index contributed by atoms with van der Waals surface area (Å²) in [6, 6.07) is 43.7. The van der Waals surface area contributed by atoms with Crippen LogP contribution in [0.15, 0.2) is 143 Å². The molecule has 0 spiro atoms. The van der Waals surface area contributed by atoms with Gasteiger partial charge in [0, 0.05) is 49.9 Å². The molecular formula is C39H27BrN4O2. The second-order valence-electron chi connectivity index (χ2n) is 11.2. The van der Waals surface area contributed by atoms with E-state index >= 15 is 0 Å². The minimum Gasteiger partial charge on any atom is -0.351 e. The van der Waals surface area contributed by atoms with Crippen LogP contribution in [0.1, 0.15) is 16.1 Å². The van der Waals surface area contributed by atoms with Gasteiger partial charge in [-0.3, -0.25) is 14.2 Å². The lowest BCUT2D eigenvalue weighted by molar-refractivity contribution is 0.0988. The van der Waals surface area contributed by atoms with Crippen molar-refractivity contribution in [2.24, 2.45) is 0 Å². The molecule has 0 aliphatic heterocycles. The number of halogens is 1. The predicted octanol–water partition coefficient (Wildman–Crippen LogP) is 9.46. The molecule has 46 heavy (non-hydrogen) atoms. The van der Waals surface area contributed by atoms with Crippen LogP contribution in [0, 0.1) is 0 Å². The smallest absolute Gasteiger partial charge is 0.281 e. The number of pyridine rings is 1. The molecule has 3 N–H and O–H groups in total. The number of hydrogen-bond donors (Lipinski definition) is 3. The summed E-state index contributed by atoms with van der Waals surface area (Å²) in [4.78, 5) is 35.9. The van der Waals surface area contributed by atoms with Crippen molar-refractivity contribution >= 4 is 76.4 Å². The first-order chi connectivity index (χ1) is 22.6. The molecule has 5 aromatic carbocycles. The molecule has 0 saturated carbocycles. The van der Waals surface area contributed by atoms with Crippen LogP contribution < -0.4 is 5.56 Å². The maximum atomic E-state index is 13.5. The molecule has 0 atom stereocenters. The molecule has 7 heteroatoms. The number of nitrogens with zero attached hydrogens (tertiary/aromatic N) is 1. The molecule has 0 bridgehead atoms. The van der Waals surface area contributed by atoms with Crippen molar-refractivity contribution in [1.82, 2.24) is 19.5 Å². The van der Waals surface area contributed by atoms with Gasteiger partial charge >= 0.3 is 0 Å². The maximum Gasteiger partial charge on any atom is 0.281 e. The van der Waals surface area contributed by atoms with Gasteiger partial charge in [0.1, 0.15) is 11.2 Å². The minimum absolute atomic E-state index is 0.0496. The van der Waals surface area contributed by atoms with Crippen molar-refractivity contribution in [2.75, 3.05) is 0 Å². The molecule has 0 aliphatic carbocycles. The molecule has 4 heterocycles. The van der Waals surface area contributed by atoms with Gasteiger partial charge in [0.15, 0.2) is 5.78 Å². The van der Waals surface area contributed by atoms with E-state index in [1.165, 1.54) is 0 Å². The van der Waals surface area contributed by atoms with Crippen molar-refractivity contribution in [3.63, 3.8) is 0 Å². The third kappa shape index (κ3) is 4.64. The largest absolute Gasteiger partial charge is 0.351 e. The number of nitrogens with one attached hydrogen (secondary N) is 3. The van der Waals surface area contributed by atoms with Crippen LogP contribution in [0.3, 0.4) is 0 Å². The average molecular weight is 664 g/mol. The van der Waals surface area contributed by atoms with Crippen molar-refractivity contribution in [1.29, 1.82) is 0 Å². The number of ketones is 1. The molecule has 0 amide bonds. The Morgan fingerprint density at radius 3 is 1.76 bits per heavy atom. The first-order valence-electron chi connectivity index (χ1n) is 15.0. The van der Waals surface area contributed by atoms with Crippen molar-refractivity contribution in [2.45, 2.75) is 6.42 Å². The van der Waals surface area contributed by atoms with E-state index in [4.69, 9.17) is 0 Å². The van der Waals surface area contributed by atoms with Gasteiger partial charge in [0.05, 0.1) is 15.9 Å². The van der Waals surface area contributed by atoms with Crippen LogP contribution in [0.5, 0.6) is 0 Å². The van der Waals surface area contributed by atoms with Crippen LogP contribution in [-0.4, -0.2) is 25.3 Å². The van der Waals surface area contributed by atoms with Gasteiger partial charge in [0.2, 0.25) is 0 Å². The molecule has 0 saturated heterocycles.